The molecule has 12 nitrogen and oxygen atoms in total. The Morgan fingerprint density at radius 3 is 2.74 bits per heavy atom. The van der Waals surface area contributed by atoms with Gasteiger partial charge in [0, 0.05) is 6.54 Å². The number of aromatic nitrogens is 4. The maximum atomic E-state index is 13.6. The van der Waals surface area contributed by atoms with E-state index in [4.69, 9.17) is 15.0 Å². The van der Waals surface area contributed by atoms with Crippen molar-refractivity contribution in [3.05, 3.63) is 48.3 Å². The molecule has 1 saturated heterocycles. The van der Waals surface area contributed by atoms with E-state index in [1.807, 2.05) is 6.07 Å². The molecule has 1 aliphatic heterocycles. The zero-order valence-corrected chi connectivity index (χ0v) is 16.8. The summed E-state index contributed by atoms with van der Waals surface area (Å²) in [5.41, 5.74) is 6.44. The van der Waals surface area contributed by atoms with Gasteiger partial charge in [0.15, 0.2) is 23.2 Å². The minimum absolute atomic E-state index is 0.0415. The average Bonchev–Trinajstić information content (AvgIpc) is 3.27. The third-order valence-corrected chi connectivity index (χ3v) is 5.83. The van der Waals surface area contributed by atoms with Gasteiger partial charge in [-0.1, -0.05) is 30.3 Å². The zero-order chi connectivity index (χ0) is 22.2. The molecule has 0 saturated carbocycles. The number of rotatable bonds is 7. The molecule has 1 aromatic carbocycles. The quantitative estimate of drug-likeness (QED) is 0.241. The van der Waals surface area contributed by atoms with Crippen LogP contribution in [0.4, 0.5) is 10.2 Å². The fourth-order valence-corrected chi connectivity index (χ4v) is 4.02. The smallest absolute Gasteiger partial charge is 0.387 e. The van der Waals surface area contributed by atoms with Crippen LogP contribution in [-0.4, -0.2) is 59.5 Å². The summed E-state index contributed by atoms with van der Waals surface area (Å²) in [5, 5.41) is 23.1. The molecule has 2 aromatic heterocycles. The number of aliphatic hydroxyl groups excluding tert-OH is 2. The third-order valence-electron chi connectivity index (χ3n) is 4.77. The molecular weight excluding hydrogens is 434 g/mol. The van der Waals surface area contributed by atoms with Crippen molar-refractivity contribution in [3.63, 3.8) is 0 Å². The third kappa shape index (κ3) is 4.57. The molecule has 1 fully saturated rings. The number of nitrogens with two attached hydrogens (primary N) is 1. The van der Waals surface area contributed by atoms with Gasteiger partial charge in [0.2, 0.25) is 0 Å². The summed E-state index contributed by atoms with van der Waals surface area (Å²) in [5.74, 6) is -0.195. The van der Waals surface area contributed by atoms with E-state index < -0.39 is 45.0 Å². The topological polar surface area (TPSA) is 178 Å². The first-order valence-electron chi connectivity index (χ1n) is 9.19. The molecule has 1 aliphatic rings. The van der Waals surface area contributed by atoms with E-state index >= 15 is 0 Å². The molecule has 3 heterocycles. The number of benzene rings is 1. The molecule has 0 amide bonds. The summed E-state index contributed by atoms with van der Waals surface area (Å²) in [4.78, 5) is 20.9. The summed E-state index contributed by atoms with van der Waals surface area (Å²) in [7, 11) is -4.22. The SMILES string of the molecule is Nc1nc(F)nc2c1ncn2[C@@H]1O[C@H](COP(=O)(O)NCc2ccccc2)[C@@H](O)[C@@H]1O. The van der Waals surface area contributed by atoms with Crippen molar-refractivity contribution in [2.24, 2.45) is 0 Å². The van der Waals surface area contributed by atoms with E-state index in [9.17, 15) is 24.1 Å². The normalized spacial score (nSPS) is 25.7. The van der Waals surface area contributed by atoms with E-state index in [0.717, 1.165) is 5.56 Å². The molecule has 0 radical (unpaired) electrons. The van der Waals surface area contributed by atoms with Gasteiger partial charge in [-0.15, -0.1) is 0 Å². The van der Waals surface area contributed by atoms with Crippen LogP contribution in [-0.2, 0) is 20.4 Å². The molecule has 5 atom stereocenters. The molecule has 0 bridgehead atoms. The highest BCUT2D eigenvalue weighted by atomic mass is 31.2. The lowest BCUT2D eigenvalue weighted by Gasteiger charge is -2.18. The number of imidazole rings is 1. The number of nitrogens with zero attached hydrogens (tertiary/aromatic N) is 4. The van der Waals surface area contributed by atoms with Crippen molar-refractivity contribution < 1.29 is 33.3 Å². The molecule has 0 aliphatic carbocycles. The fraction of sp³-hybridized carbons (Fsp3) is 0.353. The first kappa shape index (κ1) is 21.7. The number of nitrogen functional groups attached to an aromatic ring is 1. The molecule has 166 valence electrons. The molecule has 3 aromatic rings. The number of aliphatic hydroxyl groups is 2. The van der Waals surface area contributed by atoms with Crippen LogP contribution in [0.3, 0.4) is 0 Å². The minimum Gasteiger partial charge on any atom is -0.387 e. The number of ether oxygens (including phenoxy) is 1. The average molecular weight is 454 g/mol. The molecule has 14 heteroatoms. The second-order valence-corrected chi connectivity index (χ2v) is 8.50. The lowest BCUT2D eigenvalue weighted by atomic mass is 10.1. The molecular formula is C17H20FN6O6P. The molecule has 1 unspecified atom stereocenters. The fourth-order valence-electron chi connectivity index (χ4n) is 3.20. The van der Waals surface area contributed by atoms with Gasteiger partial charge in [-0.05, 0) is 5.56 Å². The minimum atomic E-state index is -4.22. The Hall–Kier alpha value is -2.51. The second kappa shape index (κ2) is 8.55. The second-order valence-electron chi connectivity index (χ2n) is 6.88. The Bertz CT molecular complexity index is 1120. The summed E-state index contributed by atoms with van der Waals surface area (Å²) in [6, 6.07) is 8.93. The maximum Gasteiger partial charge on any atom is 0.403 e. The number of hydrogen-bond donors (Lipinski definition) is 5. The molecule has 6 N–H and O–H groups in total. The summed E-state index contributed by atoms with van der Waals surface area (Å²) in [6.07, 6.45) is -5.18. The van der Waals surface area contributed by atoms with Crippen LogP contribution in [0.15, 0.2) is 36.7 Å². The van der Waals surface area contributed by atoms with Crippen LogP contribution in [0.2, 0.25) is 0 Å². The van der Waals surface area contributed by atoms with Gasteiger partial charge in [0.05, 0.1) is 12.9 Å². The highest BCUT2D eigenvalue weighted by Gasteiger charge is 2.45. The van der Waals surface area contributed by atoms with Crippen LogP contribution in [0.1, 0.15) is 11.8 Å². The Kier molecular flexibility index (Phi) is 5.99. The number of hydrogen-bond acceptors (Lipinski definition) is 9. The first-order valence-corrected chi connectivity index (χ1v) is 10.8. The molecule has 31 heavy (non-hydrogen) atoms. The van der Waals surface area contributed by atoms with Crippen molar-refractivity contribution in [1.82, 2.24) is 24.6 Å². The van der Waals surface area contributed by atoms with Gasteiger partial charge in [0.1, 0.15) is 18.3 Å². The predicted octanol–water partition coefficient (Wildman–Crippen LogP) is 0.0736. The van der Waals surface area contributed by atoms with Crippen molar-refractivity contribution in [3.8, 4) is 0 Å². The lowest BCUT2D eigenvalue weighted by molar-refractivity contribution is -0.0488. The Morgan fingerprint density at radius 2 is 2.00 bits per heavy atom. The van der Waals surface area contributed by atoms with Crippen LogP contribution < -0.4 is 10.8 Å². The summed E-state index contributed by atoms with van der Waals surface area (Å²) < 4.78 is 37.6. The lowest BCUT2D eigenvalue weighted by Crippen LogP contribution is -2.34. The van der Waals surface area contributed by atoms with E-state index in [1.165, 1.54) is 10.9 Å². The van der Waals surface area contributed by atoms with Gasteiger partial charge in [-0.2, -0.15) is 14.4 Å². The summed E-state index contributed by atoms with van der Waals surface area (Å²) >= 11 is 0. The van der Waals surface area contributed by atoms with E-state index in [0.29, 0.717) is 0 Å². The van der Waals surface area contributed by atoms with Crippen molar-refractivity contribution >= 4 is 24.7 Å². The zero-order valence-electron chi connectivity index (χ0n) is 15.9. The predicted molar refractivity (Wildman–Crippen MR) is 105 cm³/mol. The van der Waals surface area contributed by atoms with E-state index in [-0.39, 0.29) is 23.5 Å². The van der Waals surface area contributed by atoms with Crippen LogP contribution in [0.5, 0.6) is 0 Å². The van der Waals surface area contributed by atoms with Gasteiger partial charge in [-0.3, -0.25) is 9.09 Å². The van der Waals surface area contributed by atoms with Crippen molar-refractivity contribution in [2.75, 3.05) is 12.3 Å². The van der Waals surface area contributed by atoms with Gasteiger partial charge in [-0.25, -0.2) is 14.6 Å². The van der Waals surface area contributed by atoms with Crippen molar-refractivity contribution in [1.29, 1.82) is 0 Å². The van der Waals surface area contributed by atoms with Gasteiger partial charge >= 0.3 is 13.8 Å². The molecule has 0 spiro atoms. The Labute approximate surface area is 175 Å². The number of nitrogens with one attached hydrogen (secondary N) is 1. The number of halogens is 1. The highest BCUT2D eigenvalue weighted by molar-refractivity contribution is 7.50. The standard InChI is InChI=1S/C17H20FN6O6P/c18-17-22-14(19)11-15(23-17)24(8-20-11)16-13(26)12(25)10(30-16)7-29-31(27,28)21-6-9-4-2-1-3-5-9/h1-5,8,10,12-13,16,25-26H,6-7H2,(H2,19,22,23)(H2,21,27,28)/t10-,12-,13+,16-/m1/s1. The van der Waals surface area contributed by atoms with Crippen molar-refractivity contribution in [2.45, 2.75) is 31.1 Å². The van der Waals surface area contributed by atoms with Crippen LogP contribution in [0, 0.1) is 6.08 Å². The van der Waals surface area contributed by atoms with Crippen LogP contribution in [0.25, 0.3) is 11.2 Å². The number of anilines is 1. The Morgan fingerprint density at radius 1 is 1.26 bits per heavy atom. The van der Waals surface area contributed by atoms with Gasteiger partial charge < -0.3 is 25.6 Å². The van der Waals surface area contributed by atoms with E-state index in [2.05, 4.69) is 20.0 Å². The largest absolute Gasteiger partial charge is 0.403 e. The number of fused-ring (bicyclic) bond motifs is 1. The Balaban J connectivity index is 1.43. The van der Waals surface area contributed by atoms with E-state index in [1.54, 1.807) is 24.3 Å². The molecule has 4 rings (SSSR count). The maximum absolute atomic E-state index is 13.6. The van der Waals surface area contributed by atoms with Crippen LogP contribution >= 0.6 is 7.75 Å². The summed E-state index contributed by atoms with van der Waals surface area (Å²) in [6.45, 7) is -0.413. The van der Waals surface area contributed by atoms with Gasteiger partial charge in [0.25, 0.3) is 0 Å². The first-order chi connectivity index (χ1) is 14.7. The highest BCUT2D eigenvalue weighted by Crippen LogP contribution is 2.39. The monoisotopic (exact) mass is 454 g/mol.